The lowest BCUT2D eigenvalue weighted by atomic mass is 10.2. The Hall–Kier alpha value is -3.55. The number of rotatable bonds is 3. The average Bonchev–Trinajstić information content (AvgIpc) is 3.25. The number of ether oxygens (including phenoxy) is 3. The number of carbonyl (C=O) groups excluding carboxylic acids is 3. The van der Waals surface area contributed by atoms with Gasteiger partial charge in [0.1, 0.15) is 17.8 Å². The van der Waals surface area contributed by atoms with Crippen LogP contribution in [0.15, 0.2) is 48.8 Å². The van der Waals surface area contributed by atoms with Gasteiger partial charge in [-0.3, -0.25) is 9.13 Å². The van der Waals surface area contributed by atoms with Gasteiger partial charge in [0.15, 0.2) is 0 Å². The molecule has 3 rings (SSSR count). The van der Waals surface area contributed by atoms with E-state index in [1.165, 1.54) is 34.7 Å². The average molecular weight is 398 g/mol. The first-order chi connectivity index (χ1) is 13.7. The molecule has 0 aliphatic rings. The van der Waals surface area contributed by atoms with Gasteiger partial charge in [0.05, 0.1) is 18.1 Å². The van der Waals surface area contributed by atoms with E-state index in [-0.39, 0.29) is 17.7 Å². The molecule has 0 spiro atoms. The maximum atomic E-state index is 12.6. The Morgan fingerprint density at radius 3 is 2.28 bits per heavy atom. The highest BCUT2D eigenvalue weighted by atomic mass is 16.6. The normalized spacial score (nSPS) is 11.3. The zero-order valence-corrected chi connectivity index (χ0v) is 16.7. The summed E-state index contributed by atoms with van der Waals surface area (Å²) in [4.78, 5) is 37.4. The molecule has 2 heterocycles. The highest BCUT2D eigenvalue weighted by molar-refractivity contribution is 6.07. The minimum atomic E-state index is -0.726. The maximum absolute atomic E-state index is 12.6. The van der Waals surface area contributed by atoms with E-state index in [0.29, 0.717) is 5.52 Å². The van der Waals surface area contributed by atoms with Gasteiger partial charge in [0.25, 0.3) is 0 Å². The molecule has 8 heteroatoms. The zero-order chi connectivity index (χ0) is 21.2. The monoisotopic (exact) mass is 398 g/mol. The van der Waals surface area contributed by atoms with Crippen molar-refractivity contribution in [2.75, 3.05) is 7.11 Å². The maximum Gasteiger partial charge on any atom is 0.419 e. The fourth-order valence-electron chi connectivity index (χ4n) is 2.81. The number of hydrogen-bond acceptors (Lipinski definition) is 6. The van der Waals surface area contributed by atoms with Crippen molar-refractivity contribution in [1.29, 1.82) is 0 Å². The number of carbonyl (C=O) groups is 3. The van der Waals surface area contributed by atoms with Gasteiger partial charge in [-0.15, -0.1) is 0 Å². The Labute approximate surface area is 167 Å². The first-order valence-electron chi connectivity index (χ1n) is 8.96. The summed E-state index contributed by atoms with van der Waals surface area (Å²) in [7, 11) is 1.22. The molecule has 0 aliphatic heterocycles. The van der Waals surface area contributed by atoms with Crippen molar-refractivity contribution in [3.8, 4) is 0 Å². The summed E-state index contributed by atoms with van der Waals surface area (Å²) in [5.41, 5.74) is 0.687. The molecule has 0 atom stereocenters. The summed E-state index contributed by atoms with van der Waals surface area (Å²) in [6.45, 7) is 5.27. The van der Waals surface area contributed by atoms with E-state index in [2.05, 4.69) is 0 Å². The molecule has 0 radical (unpaired) electrons. The number of nitrogens with zero attached hydrogens (tertiary/aromatic N) is 2. The third kappa shape index (κ3) is 4.31. The van der Waals surface area contributed by atoms with Gasteiger partial charge >= 0.3 is 18.2 Å². The Balaban J connectivity index is 1.97. The molecule has 0 fully saturated rings. The SMILES string of the molecule is COC(=O)c1cn(C(=O)OCc2ccccc2)c2ccn(C(=O)OC(C)(C)C)c12. The molecular weight excluding hydrogens is 376 g/mol. The van der Waals surface area contributed by atoms with Gasteiger partial charge < -0.3 is 14.2 Å². The lowest BCUT2D eigenvalue weighted by molar-refractivity contribution is 0.0544. The predicted octanol–water partition coefficient (Wildman–Crippen LogP) is 4.20. The van der Waals surface area contributed by atoms with Crippen LogP contribution in [0, 0.1) is 0 Å². The van der Waals surface area contributed by atoms with Gasteiger partial charge in [-0.1, -0.05) is 30.3 Å². The van der Waals surface area contributed by atoms with E-state index in [1.54, 1.807) is 20.8 Å². The number of hydrogen-bond donors (Lipinski definition) is 0. The van der Waals surface area contributed by atoms with Crippen molar-refractivity contribution in [1.82, 2.24) is 9.13 Å². The quantitative estimate of drug-likeness (QED) is 0.485. The molecule has 0 amide bonds. The van der Waals surface area contributed by atoms with E-state index in [9.17, 15) is 14.4 Å². The lowest BCUT2D eigenvalue weighted by Gasteiger charge is -2.19. The standard InChI is InChI=1S/C21H22N2O6/c1-21(2,3)29-20(26)22-11-10-16-17(22)15(18(24)27-4)12-23(16)19(25)28-13-14-8-6-5-7-9-14/h5-12H,13H2,1-4H3. The van der Waals surface area contributed by atoms with Gasteiger partial charge in [-0.2, -0.15) is 0 Å². The van der Waals surface area contributed by atoms with Crippen LogP contribution < -0.4 is 0 Å². The summed E-state index contributed by atoms with van der Waals surface area (Å²) in [5, 5.41) is 0. The number of fused-ring (bicyclic) bond motifs is 1. The molecule has 3 aromatic rings. The van der Waals surface area contributed by atoms with Crippen LogP contribution >= 0.6 is 0 Å². The van der Waals surface area contributed by atoms with Crippen molar-refractivity contribution < 1.29 is 28.6 Å². The number of benzene rings is 1. The van der Waals surface area contributed by atoms with Crippen LogP contribution in [-0.2, 0) is 20.8 Å². The van der Waals surface area contributed by atoms with Gasteiger partial charge in [0.2, 0.25) is 0 Å². The number of esters is 1. The molecule has 0 aliphatic carbocycles. The van der Waals surface area contributed by atoms with Crippen molar-refractivity contribution in [3.05, 3.63) is 59.9 Å². The second kappa shape index (κ2) is 7.83. The highest BCUT2D eigenvalue weighted by Gasteiger charge is 2.27. The zero-order valence-electron chi connectivity index (χ0n) is 16.7. The van der Waals surface area contributed by atoms with E-state index in [0.717, 1.165) is 5.56 Å². The second-order valence-electron chi connectivity index (χ2n) is 7.34. The van der Waals surface area contributed by atoms with Crippen LogP contribution in [0.25, 0.3) is 11.0 Å². The number of aromatic nitrogens is 2. The molecule has 0 unspecified atom stereocenters. The first kappa shape index (κ1) is 20.2. The Bertz CT molecular complexity index is 1060. The first-order valence-corrected chi connectivity index (χ1v) is 8.96. The van der Waals surface area contributed by atoms with E-state index < -0.39 is 23.8 Å². The minimum Gasteiger partial charge on any atom is -0.465 e. The molecule has 152 valence electrons. The van der Waals surface area contributed by atoms with Crippen LogP contribution in [-0.4, -0.2) is 40.0 Å². The summed E-state index contributed by atoms with van der Waals surface area (Å²) >= 11 is 0. The molecule has 29 heavy (non-hydrogen) atoms. The molecule has 1 aromatic carbocycles. The molecular formula is C21H22N2O6. The van der Waals surface area contributed by atoms with Crippen molar-refractivity contribution in [2.45, 2.75) is 33.0 Å². The molecule has 0 bridgehead atoms. The largest absolute Gasteiger partial charge is 0.465 e. The van der Waals surface area contributed by atoms with E-state index in [1.807, 2.05) is 30.3 Å². The van der Waals surface area contributed by atoms with Crippen LogP contribution in [0.1, 0.15) is 36.7 Å². The number of methoxy groups -OCH3 is 1. The van der Waals surface area contributed by atoms with E-state index >= 15 is 0 Å². The van der Waals surface area contributed by atoms with Crippen molar-refractivity contribution in [2.24, 2.45) is 0 Å². The third-order valence-corrected chi connectivity index (χ3v) is 4.04. The Morgan fingerprint density at radius 1 is 0.966 bits per heavy atom. The smallest absolute Gasteiger partial charge is 0.419 e. The van der Waals surface area contributed by atoms with Gasteiger partial charge in [-0.05, 0) is 32.4 Å². The highest BCUT2D eigenvalue weighted by Crippen LogP contribution is 2.25. The lowest BCUT2D eigenvalue weighted by Crippen LogP contribution is -2.27. The summed E-state index contributed by atoms with van der Waals surface area (Å²) in [6, 6.07) is 10.7. The second-order valence-corrected chi connectivity index (χ2v) is 7.34. The fraction of sp³-hybridized carbons (Fsp3) is 0.286. The summed E-state index contributed by atoms with van der Waals surface area (Å²) in [6.07, 6.45) is 1.38. The predicted molar refractivity (Wildman–Crippen MR) is 105 cm³/mol. The summed E-state index contributed by atoms with van der Waals surface area (Å²) < 4.78 is 17.9. The van der Waals surface area contributed by atoms with Crippen LogP contribution in [0.3, 0.4) is 0 Å². The van der Waals surface area contributed by atoms with Crippen molar-refractivity contribution in [3.63, 3.8) is 0 Å². The van der Waals surface area contributed by atoms with Crippen LogP contribution in [0.4, 0.5) is 9.59 Å². The van der Waals surface area contributed by atoms with Crippen LogP contribution in [0.2, 0.25) is 0 Å². The van der Waals surface area contributed by atoms with Crippen molar-refractivity contribution >= 4 is 29.2 Å². The Kier molecular flexibility index (Phi) is 5.45. The molecule has 0 N–H and O–H groups in total. The van der Waals surface area contributed by atoms with E-state index in [4.69, 9.17) is 14.2 Å². The minimum absolute atomic E-state index is 0.0509. The fourth-order valence-corrected chi connectivity index (χ4v) is 2.81. The Morgan fingerprint density at radius 2 is 1.66 bits per heavy atom. The molecule has 0 saturated heterocycles. The van der Waals surface area contributed by atoms with Gasteiger partial charge in [-0.25, -0.2) is 14.4 Å². The van der Waals surface area contributed by atoms with Gasteiger partial charge in [0, 0.05) is 12.4 Å². The molecule has 8 nitrogen and oxygen atoms in total. The third-order valence-electron chi connectivity index (χ3n) is 4.04. The summed E-state index contributed by atoms with van der Waals surface area (Å²) in [5.74, 6) is -0.687. The molecule has 2 aromatic heterocycles. The van der Waals surface area contributed by atoms with Crippen LogP contribution in [0.5, 0.6) is 0 Å². The topological polar surface area (TPSA) is 88.8 Å². The molecule has 0 saturated carbocycles.